The van der Waals surface area contributed by atoms with Crippen LogP contribution in [0.2, 0.25) is 0 Å². The molecule has 0 saturated carbocycles. The Morgan fingerprint density at radius 2 is 0.820 bits per heavy atom. The van der Waals surface area contributed by atoms with Crippen molar-refractivity contribution in [1.82, 2.24) is 0 Å². The van der Waals surface area contributed by atoms with Crippen molar-refractivity contribution in [2.45, 2.75) is 12.3 Å². The third-order valence-electron chi connectivity index (χ3n) is 12.8. The van der Waals surface area contributed by atoms with Crippen LogP contribution in [0.15, 0.2) is 243 Å². The lowest BCUT2D eigenvalue weighted by Gasteiger charge is -2.31. The Balaban J connectivity index is 1.02. The highest BCUT2D eigenvalue weighted by molar-refractivity contribution is 5.98. The Labute approximate surface area is 358 Å². The van der Waals surface area contributed by atoms with Crippen LogP contribution >= 0.6 is 0 Å². The first-order valence-corrected chi connectivity index (χ1v) is 21.2. The Hall–Kier alpha value is -7.74. The lowest BCUT2D eigenvalue weighted by molar-refractivity contribution is 0.714. The van der Waals surface area contributed by atoms with Crippen LogP contribution in [0.4, 0.5) is 17.1 Å². The van der Waals surface area contributed by atoms with Gasteiger partial charge >= 0.3 is 0 Å². The van der Waals surface area contributed by atoms with E-state index in [4.69, 9.17) is 0 Å². The van der Waals surface area contributed by atoms with Gasteiger partial charge in [0.05, 0.1) is 5.69 Å². The molecule has 0 fully saturated rings. The predicted molar refractivity (Wildman–Crippen MR) is 258 cm³/mol. The molecule has 1 aliphatic carbocycles. The smallest absolute Gasteiger partial charge is 0.0543 e. The molecule has 1 atom stereocenters. The molecule has 0 amide bonds. The van der Waals surface area contributed by atoms with E-state index in [1.54, 1.807) is 0 Å². The third kappa shape index (κ3) is 6.34. The summed E-state index contributed by atoms with van der Waals surface area (Å²) in [6.45, 7) is 2.39. The van der Waals surface area contributed by atoms with Crippen molar-refractivity contribution in [3.8, 4) is 55.6 Å². The molecule has 0 heterocycles. The van der Waals surface area contributed by atoms with Crippen LogP contribution in [-0.2, 0) is 5.41 Å². The van der Waals surface area contributed by atoms with E-state index in [0.29, 0.717) is 0 Å². The van der Waals surface area contributed by atoms with Crippen LogP contribution in [0.5, 0.6) is 0 Å². The molecule has 0 spiro atoms. The molecule has 61 heavy (non-hydrogen) atoms. The molecular weight excluding hydrogens is 735 g/mol. The fraction of sp³-hybridized carbons (Fsp3) is 0.0333. The summed E-state index contributed by atoms with van der Waals surface area (Å²) in [5, 5.41) is 2.53. The van der Waals surface area contributed by atoms with Crippen LogP contribution in [0, 0.1) is 0 Å². The second kappa shape index (κ2) is 15.1. The normalized spacial score (nSPS) is 14.0. The zero-order valence-corrected chi connectivity index (χ0v) is 34.0. The van der Waals surface area contributed by atoms with Crippen LogP contribution in [-0.4, -0.2) is 0 Å². The molecule has 0 saturated heterocycles. The minimum absolute atomic E-state index is 0.306. The Kier molecular flexibility index (Phi) is 9.02. The number of rotatable bonds is 8. The maximum absolute atomic E-state index is 2.46. The molecule has 1 heteroatoms. The molecule has 1 nitrogen and oxygen atoms in total. The van der Waals surface area contributed by atoms with Gasteiger partial charge in [-0.25, -0.2) is 0 Å². The maximum atomic E-state index is 2.46. The lowest BCUT2D eigenvalue weighted by Crippen LogP contribution is -2.22. The summed E-state index contributed by atoms with van der Waals surface area (Å²) in [4.78, 5) is 2.46. The largest absolute Gasteiger partial charge is 0.310 e. The summed E-state index contributed by atoms with van der Waals surface area (Å²) in [6, 6.07) is 88.7. The molecular formula is C60H43N. The number of hydrogen-bond donors (Lipinski definition) is 0. The van der Waals surface area contributed by atoms with Crippen molar-refractivity contribution in [3.05, 3.63) is 259 Å². The van der Waals surface area contributed by atoms with E-state index in [1.165, 1.54) is 83.1 Å². The topological polar surface area (TPSA) is 3.24 Å². The summed E-state index contributed by atoms with van der Waals surface area (Å²) in [5.41, 5.74) is 19.2. The van der Waals surface area contributed by atoms with Gasteiger partial charge in [0.2, 0.25) is 0 Å². The summed E-state index contributed by atoms with van der Waals surface area (Å²) in [6.07, 6.45) is 0. The lowest BCUT2D eigenvalue weighted by atomic mass is 9.74. The SMILES string of the molecule is CC1(c2ccccc2)c2ccccc2-c2c(N(c3ccc(-c4ccc(-c5cccc6ccccc56)cc4)cc3)c3cccc(-c4ccc(-c5ccccc5)cc4)c3)cccc21. The Morgan fingerprint density at radius 1 is 0.328 bits per heavy atom. The second-order valence-electron chi connectivity index (χ2n) is 16.2. The number of hydrogen-bond acceptors (Lipinski definition) is 1. The van der Waals surface area contributed by atoms with Crippen molar-refractivity contribution < 1.29 is 0 Å². The molecule has 288 valence electrons. The van der Waals surface area contributed by atoms with Crippen molar-refractivity contribution in [1.29, 1.82) is 0 Å². The summed E-state index contributed by atoms with van der Waals surface area (Å²) in [7, 11) is 0. The van der Waals surface area contributed by atoms with Crippen LogP contribution in [0.1, 0.15) is 23.6 Å². The van der Waals surface area contributed by atoms with Gasteiger partial charge in [-0.15, -0.1) is 0 Å². The summed E-state index contributed by atoms with van der Waals surface area (Å²) in [5.74, 6) is 0. The van der Waals surface area contributed by atoms with Crippen molar-refractivity contribution in [2.24, 2.45) is 0 Å². The molecule has 0 aromatic heterocycles. The van der Waals surface area contributed by atoms with Crippen LogP contribution in [0.25, 0.3) is 66.4 Å². The van der Waals surface area contributed by atoms with Gasteiger partial charge in [-0.05, 0) is 115 Å². The number of anilines is 3. The van der Waals surface area contributed by atoms with Crippen molar-refractivity contribution >= 4 is 27.8 Å². The number of nitrogens with zero attached hydrogens (tertiary/aromatic N) is 1. The van der Waals surface area contributed by atoms with Gasteiger partial charge in [0.15, 0.2) is 0 Å². The zero-order chi connectivity index (χ0) is 40.8. The molecule has 11 rings (SSSR count). The van der Waals surface area contributed by atoms with Gasteiger partial charge in [0, 0.05) is 22.4 Å². The quantitative estimate of drug-likeness (QED) is 0.149. The average Bonchev–Trinajstić information content (AvgIpc) is 3.61. The molecule has 0 aliphatic heterocycles. The van der Waals surface area contributed by atoms with Crippen LogP contribution in [0.3, 0.4) is 0 Å². The van der Waals surface area contributed by atoms with E-state index < -0.39 is 0 Å². The second-order valence-corrected chi connectivity index (χ2v) is 16.2. The number of benzene rings is 10. The first kappa shape index (κ1) is 36.3. The van der Waals surface area contributed by atoms with Gasteiger partial charge in [-0.3, -0.25) is 0 Å². The number of fused-ring (bicyclic) bond motifs is 4. The van der Waals surface area contributed by atoms with Crippen molar-refractivity contribution in [3.63, 3.8) is 0 Å². The Bertz CT molecular complexity index is 3160. The molecule has 1 aliphatic rings. The first-order chi connectivity index (χ1) is 30.1. The van der Waals surface area contributed by atoms with E-state index >= 15 is 0 Å². The summed E-state index contributed by atoms with van der Waals surface area (Å²) < 4.78 is 0. The Morgan fingerprint density at radius 3 is 1.56 bits per heavy atom. The van der Waals surface area contributed by atoms with Gasteiger partial charge < -0.3 is 4.90 Å². The molecule has 1 unspecified atom stereocenters. The van der Waals surface area contributed by atoms with Gasteiger partial charge in [0.25, 0.3) is 0 Å². The van der Waals surface area contributed by atoms with E-state index in [0.717, 1.165) is 17.1 Å². The van der Waals surface area contributed by atoms with Gasteiger partial charge in [-0.1, -0.05) is 212 Å². The fourth-order valence-electron chi connectivity index (χ4n) is 9.65. The van der Waals surface area contributed by atoms with Crippen molar-refractivity contribution in [2.75, 3.05) is 4.90 Å². The summed E-state index contributed by atoms with van der Waals surface area (Å²) >= 11 is 0. The highest BCUT2D eigenvalue weighted by Crippen LogP contribution is 2.56. The van der Waals surface area contributed by atoms with Gasteiger partial charge in [-0.2, -0.15) is 0 Å². The minimum Gasteiger partial charge on any atom is -0.310 e. The van der Waals surface area contributed by atoms with E-state index in [1.807, 2.05) is 0 Å². The maximum Gasteiger partial charge on any atom is 0.0543 e. The molecule has 10 aromatic rings. The van der Waals surface area contributed by atoms with Gasteiger partial charge in [0.1, 0.15) is 0 Å². The van der Waals surface area contributed by atoms with Crippen LogP contribution < -0.4 is 4.90 Å². The molecule has 10 aromatic carbocycles. The zero-order valence-electron chi connectivity index (χ0n) is 34.0. The predicted octanol–water partition coefficient (Wildman–Crippen LogP) is 16.3. The monoisotopic (exact) mass is 777 g/mol. The molecule has 0 N–H and O–H groups in total. The first-order valence-electron chi connectivity index (χ1n) is 21.2. The average molecular weight is 778 g/mol. The van der Waals surface area contributed by atoms with E-state index in [2.05, 4.69) is 254 Å². The molecule has 0 bridgehead atoms. The van der Waals surface area contributed by atoms with E-state index in [-0.39, 0.29) is 5.41 Å². The van der Waals surface area contributed by atoms with E-state index in [9.17, 15) is 0 Å². The highest BCUT2D eigenvalue weighted by atomic mass is 15.1. The fourth-order valence-corrected chi connectivity index (χ4v) is 9.65. The minimum atomic E-state index is -0.306. The third-order valence-corrected chi connectivity index (χ3v) is 12.8. The standard InChI is InChI=1S/C60H43N/c1-60(50-20-6-3-7-21-50)56-26-11-10-24-55(56)59-57(60)27-14-28-58(59)61(52-22-12-19-49(41-52)46-31-29-43(30-32-46)42-15-4-2-5-16-42)51-39-37-45(38-40-51)44-33-35-48(36-34-44)54-25-13-18-47-17-8-9-23-53(47)54/h2-41H,1H3. The molecule has 0 radical (unpaired) electrons. The highest BCUT2D eigenvalue weighted by Gasteiger charge is 2.42.